The van der Waals surface area contributed by atoms with E-state index in [9.17, 15) is 5.26 Å². The maximum Gasteiger partial charge on any atom is 0.249 e. The van der Waals surface area contributed by atoms with Crippen LogP contribution in [0.5, 0.6) is 0 Å². The van der Waals surface area contributed by atoms with E-state index < -0.39 is 0 Å². The van der Waals surface area contributed by atoms with Gasteiger partial charge in [-0.05, 0) is 61.1 Å². The number of aromatic nitrogens is 2. The lowest BCUT2D eigenvalue weighted by Gasteiger charge is -2.31. The van der Waals surface area contributed by atoms with Gasteiger partial charge < -0.3 is 0 Å². The summed E-state index contributed by atoms with van der Waals surface area (Å²) in [5.41, 5.74) is 11.9. The highest BCUT2D eigenvalue weighted by atomic mass is 15.1. The first-order chi connectivity index (χ1) is 22.5. The number of aryl methyl sites for hydroxylation is 2. The Morgan fingerprint density at radius 1 is 0.891 bits per heavy atom. The molecular weight excluding hydrogens is 558 g/mol. The van der Waals surface area contributed by atoms with Gasteiger partial charge in [0.15, 0.2) is 18.1 Å². The lowest BCUT2D eigenvalue weighted by Crippen LogP contribution is -2.53. The van der Waals surface area contributed by atoms with E-state index in [2.05, 4.69) is 145 Å². The van der Waals surface area contributed by atoms with Gasteiger partial charge in [0, 0.05) is 36.2 Å². The molecule has 0 saturated heterocycles. The summed E-state index contributed by atoms with van der Waals surface area (Å²) in [6, 6.07) is 41.0. The number of rotatable bonds is 10. The van der Waals surface area contributed by atoms with Gasteiger partial charge in [0.2, 0.25) is 17.4 Å². The summed E-state index contributed by atoms with van der Waals surface area (Å²) < 4.78 is 4.70. The molecule has 1 aliphatic heterocycles. The van der Waals surface area contributed by atoms with Crippen molar-refractivity contribution in [2.75, 3.05) is 0 Å². The predicted octanol–water partition coefficient (Wildman–Crippen LogP) is 9.30. The third-order valence-electron chi connectivity index (χ3n) is 9.40. The first kappa shape index (κ1) is 30.7. The van der Waals surface area contributed by atoms with E-state index in [4.69, 9.17) is 6.58 Å². The van der Waals surface area contributed by atoms with Crippen molar-refractivity contribution in [1.29, 1.82) is 5.26 Å². The normalized spacial score (nSPS) is 16.1. The van der Waals surface area contributed by atoms with Crippen molar-refractivity contribution < 1.29 is 9.13 Å². The van der Waals surface area contributed by atoms with Crippen LogP contribution < -0.4 is 9.13 Å². The fourth-order valence-corrected chi connectivity index (χ4v) is 7.11. The standard InChI is InChI=1S/C43H41N3/c1-5-16-35(37(29-44)28-34-18-8-6-9-19-34)24-25-40-38-22-12-13-23-39(38)42-27-31(2)41(36-20-10-7-11-21-36)30-46(42)43(40)33(4)45-26-15-14-17-32(45)3/h5-23,26-27,30,37,40,43H,1,4,24-25,28H2,2-3H3/q+2/b35-16-. The molecule has 3 atom stereocenters. The molecule has 3 heterocycles. The highest BCUT2D eigenvalue weighted by Gasteiger charge is 2.46. The van der Waals surface area contributed by atoms with E-state index in [-0.39, 0.29) is 17.9 Å². The molecule has 3 heteroatoms. The molecule has 46 heavy (non-hydrogen) atoms. The Morgan fingerprint density at radius 3 is 2.30 bits per heavy atom. The molecule has 0 N–H and O–H groups in total. The molecule has 5 aromatic rings. The second-order valence-electron chi connectivity index (χ2n) is 12.3. The quantitative estimate of drug-likeness (QED) is 0.116. The molecule has 3 nitrogen and oxygen atoms in total. The van der Waals surface area contributed by atoms with Gasteiger partial charge in [-0.25, -0.2) is 0 Å². The molecule has 1 aliphatic rings. The van der Waals surface area contributed by atoms with Gasteiger partial charge in [-0.1, -0.05) is 109 Å². The van der Waals surface area contributed by atoms with E-state index in [1.807, 2.05) is 24.3 Å². The van der Waals surface area contributed by atoms with Crippen molar-refractivity contribution in [2.45, 2.75) is 45.1 Å². The second-order valence-corrected chi connectivity index (χ2v) is 12.3. The fourth-order valence-electron chi connectivity index (χ4n) is 7.11. The molecule has 6 rings (SSSR count). The lowest BCUT2D eigenvalue weighted by molar-refractivity contribution is -0.729. The molecule has 0 spiro atoms. The summed E-state index contributed by atoms with van der Waals surface area (Å²) in [7, 11) is 0. The van der Waals surface area contributed by atoms with Gasteiger partial charge in [0.1, 0.15) is 0 Å². The highest BCUT2D eigenvalue weighted by molar-refractivity contribution is 5.71. The summed E-state index contributed by atoms with van der Waals surface area (Å²) in [5.74, 6) is -0.0946. The number of benzene rings is 3. The van der Waals surface area contributed by atoms with Crippen molar-refractivity contribution in [2.24, 2.45) is 5.92 Å². The van der Waals surface area contributed by atoms with Crippen LogP contribution in [0.2, 0.25) is 0 Å². The molecule has 226 valence electrons. The van der Waals surface area contributed by atoms with Crippen LogP contribution in [0.25, 0.3) is 28.1 Å². The molecule has 0 bridgehead atoms. The van der Waals surface area contributed by atoms with Crippen LogP contribution in [0.1, 0.15) is 47.2 Å². The summed E-state index contributed by atoms with van der Waals surface area (Å²) >= 11 is 0. The summed E-state index contributed by atoms with van der Waals surface area (Å²) in [5, 5.41) is 10.3. The van der Waals surface area contributed by atoms with Crippen molar-refractivity contribution in [1.82, 2.24) is 0 Å². The largest absolute Gasteiger partial charge is 0.249 e. The van der Waals surface area contributed by atoms with Crippen LogP contribution in [0.15, 0.2) is 152 Å². The van der Waals surface area contributed by atoms with Crippen LogP contribution in [-0.2, 0) is 6.42 Å². The zero-order chi connectivity index (χ0) is 32.0. The molecule has 0 fully saturated rings. The molecule has 2 aromatic heterocycles. The van der Waals surface area contributed by atoms with Crippen molar-refractivity contribution in [3.05, 3.63) is 175 Å². The van der Waals surface area contributed by atoms with Crippen LogP contribution >= 0.6 is 0 Å². The number of nitriles is 1. The topological polar surface area (TPSA) is 31.5 Å². The first-order valence-electron chi connectivity index (χ1n) is 16.1. The van der Waals surface area contributed by atoms with Gasteiger partial charge in [0.05, 0.1) is 17.9 Å². The summed E-state index contributed by atoms with van der Waals surface area (Å²) in [6.07, 6.45) is 10.7. The van der Waals surface area contributed by atoms with Crippen LogP contribution in [0, 0.1) is 31.1 Å². The first-order valence-corrected chi connectivity index (χ1v) is 16.1. The summed E-state index contributed by atoms with van der Waals surface area (Å²) in [6.45, 7) is 13.1. The Hall–Kier alpha value is -5.33. The Bertz CT molecular complexity index is 1950. The van der Waals surface area contributed by atoms with Crippen molar-refractivity contribution in [3.8, 4) is 28.5 Å². The zero-order valence-corrected chi connectivity index (χ0v) is 26.8. The second kappa shape index (κ2) is 13.8. The SMILES string of the molecule is C=C/C=C(/CCC1c2ccccc2-c2cc(C)c(-c3ccccc3)c[n+]2C1C(=C)[n+]1ccccc1C)C(C#N)Cc1ccccc1. The zero-order valence-electron chi connectivity index (χ0n) is 26.8. The third-order valence-corrected chi connectivity index (χ3v) is 9.40. The van der Waals surface area contributed by atoms with Gasteiger partial charge in [-0.2, -0.15) is 14.4 Å². The number of hydrogen-bond donors (Lipinski definition) is 0. The Kier molecular flexibility index (Phi) is 9.18. The minimum atomic E-state index is -0.223. The fraction of sp³-hybridized carbons (Fsp3) is 0.186. The van der Waals surface area contributed by atoms with Crippen LogP contribution in [0.4, 0.5) is 0 Å². The number of nitrogens with zero attached hydrogens (tertiary/aromatic N) is 3. The number of pyridine rings is 2. The van der Waals surface area contributed by atoms with Crippen molar-refractivity contribution >= 4 is 5.70 Å². The van der Waals surface area contributed by atoms with E-state index in [0.29, 0.717) is 6.42 Å². The molecular formula is C43H41N3+2. The monoisotopic (exact) mass is 599 g/mol. The van der Waals surface area contributed by atoms with Crippen molar-refractivity contribution in [3.63, 3.8) is 0 Å². The lowest BCUT2D eigenvalue weighted by atomic mass is 9.77. The number of allylic oxidation sites excluding steroid dienone is 4. The summed E-state index contributed by atoms with van der Waals surface area (Å²) in [4.78, 5) is 0. The average Bonchev–Trinajstić information content (AvgIpc) is 3.09. The Morgan fingerprint density at radius 2 is 1.59 bits per heavy atom. The predicted molar refractivity (Wildman–Crippen MR) is 187 cm³/mol. The molecule has 3 unspecified atom stereocenters. The van der Waals surface area contributed by atoms with Gasteiger partial charge in [0.25, 0.3) is 0 Å². The Labute approximate surface area is 273 Å². The maximum absolute atomic E-state index is 10.3. The van der Waals surface area contributed by atoms with E-state index in [1.54, 1.807) is 0 Å². The molecule has 0 aliphatic carbocycles. The number of hydrogen-bond acceptors (Lipinski definition) is 1. The van der Waals surface area contributed by atoms with Crippen LogP contribution in [0.3, 0.4) is 0 Å². The molecule has 0 radical (unpaired) electrons. The minimum Gasteiger partial charge on any atom is -0.198 e. The van der Waals surface area contributed by atoms with Gasteiger partial charge in [-0.3, -0.25) is 0 Å². The Balaban J connectivity index is 1.47. The molecule has 3 aromatic carbocycles. The van der Waals surface area contributed by atoms with E-state index in [0.717, 1.165) is 29.8 Å². The molecule has 0 saturated carbocycles. The number of fused-ring (bicyclic) bond motifs is 3. The molecule has 0 amide bonds. The van der Waals surface area contributed by atoms with Crippen LogP contribution in [-0.4, -0.2) is 0 Å². The average molecular weight is 600 g/mol. The van der Waals surface area contributed by atoms with Gasteiger partial charge in [-0.15, -0.1) is 0 Å². The van der Waals surface area contributed by atoms with Gasteiger partial charge >= 0.3 is 0 Å². The van der Waals surface area contributed by atoms with E-state index in [1.165, 1.54) is 39.1 Å². The maximum atomic E-state index is 10.3. The third kappa shape index (κ3) is 6.12. The van der Waals surface area contributed by atoms with E-state index >= 15 is 0 Å². The smallest absolute Gasteiger partial charge is 0.198 e. The minimum absolute atomic E-state index is 0.0429. The highest BCUT2D eigenvalue weighted by Crippen LogP contribution is 2.45.